The lowest BCUT2D eigenvalue weighted by molar-refractivity contribution is -0.115. The van der Waals surface area contributed by atoms with Gasteiger partial charge in [0.25, 0.3) is 0 Å². The maximum atomic E-state index is 12.3. The van der Waals surface area contributed by atoms with Crippen molar-refractivity contribution in [3.05, 3.63) is 34.6 Å². The number of benzene rings is 1. The number of rotatable bonds is 0. The molecule has 2 N–H and O–H groups in total. The average Bonchev–Trinajstić information content (AvgIpc) is 1.94. The molecule has 0 atom stereocenters. The summed E-state index contributed by atoms with van der Waals surface area (Å²) < 4.78 is 12.8. The maximum absolute atomic E-state index is 12.3. The molecule has 0 bridgehead atoms. The Bertz CT molecular complexity index is 240. The van der Waals surface area contributed by atoms with Crippen LogP contribution < -0.4 is 5.73 Å². The summed E-state index contributed by atoms with van der Waals surface area (Å²) in [5.41, 5.74) is 4.47. The van der Waals surface area contributed by atoms with Crippen LogP contribution in [-0.4, -0.2) is 5.91 Å². The molecule has 0 aliphatic heterocycles. The molecule has 1 aromatic carbocycles. The summed E-state index contributed by atoms with van der Waals surface area (Å²) in [4.78, 5) is 9.22. The first-order chi connectivity index (χ1) is 5.54. The second kappa shape index (κ2) is 5.71. The molecule has 0 aliphatic rings. The SMILES string of the molecule is CC(N)=O.Fc1ccccc1Br. The normalized spacial score (nSPS) is 8.25. The smallest absolute Gasteiger partial charge is 0.214 e. The van der Waals surface area contributed by atoms with E-state index in [0.717, 1.165) is 0 Å². The van der Waals surface area contributed by atoms with Gasteiger partial charge in [-0.1, -0.05) is 12.1 Å². The number of amides is 1. The molecule has 0 spiro atoms. The lowest BCUT2D eigenvalue weighted by Crippen LogP contribution is -2.01. The van der Waals surface area contributed by atoms with Gasteiger partial charge in [0, 0.05) is 6.92 Å². The fourth-order valence-electron chi connectivity index (χ4n) is 0.439. The molecule has 0 aromatic heterocycles. The third kappa shape index (κ3) is 5.85. The Kier molecular flexibility index (Phi) is 5.28. The van der Waals surface area contributed by atoms with Crippen molar-refractivity contribution in [3.63, 3.8) is 0 Å². The van der Waals surface area contributed by atoms with Gasteiger partial charge in [-0.25, -0.2) is 4.39 Å². The maximum Gasteiger partial charge on any atom is 0.214 e. The molecular weight excluding hydrogens is 225 g/mol. The van der Waals surface area contributed by atoms with Gasteiger partial charge < -0.3 is 5.73 Å². The second-order valence-electron chi connectivity index (χ2n) is 2.02. The minimum Gasteiger partial charge on any atom is -0.370 e. The van der Waals surface area contributed by atoms with Crippen LogP contribution in [0.25, 0.3) is 0 Å². The Hall–Kier alpha value is -0.900. The second-order valence-corrected chi connectivity index (χ2v) is 2.88. The van der Waals surface area contributed by atoms with Crippen LogP contribution in [0.15, 0.2) is 28.7 Å². The third-order valence-corrected chi connectivity index (χ3v) is 1.47. The van der Waals surface area contributed by atoms with E-state index in [0.29, 0.717) is 4.47 Å². The van der Waals surface area contributed by atoms with E-state index < -0.39 is 0 Å². The van der Waals surface area contributed by atoms with Crippen LogP contribution >= 0.6 is 15.9 Å². The molecule has 1 rings (SSSR count). The van der Waals surface area contributed by atoms with E-state index >= 15 is 0 Å². The largest absolute Gasteiger partial charge is 0.370 e. The molecule has 0 unspecified atom stereocenters. The van der Waals surface area contributed by atoms with Crippen molar-refractivity contribution in [2.45, 2.75) is 6.92 Å². The Morgan fingerprint density at radius 1 is 1.50 bits per heavy atom. The van der Waals surface area contributed by atoms with Gasteiger partial charge in [-0.15, -0.1) is 0 Å². The summed E-state index contributed by atoms with van der Waals surface area (Å²) in [6, 6.07) is 6.49. The van der Waals surface area contributed by atoms with E-state index in [1.165, 1.54) is 13.0 Å². The Morgan fingerprint density at radius 2 is 1.92 bits per heavy atom. The summed E-state index contributed by atoms with van der Waals surface area (Å²) >= 11 is 3.02. The molecule has 2 nitrogen and oxygen atoms in total. The fourth-order valence-corrected chi connectivity index (χ4v) is 0.724. The lowest BCUT2D eigenvalue weighted by atomic mass is 10.4. The highest BCUT2D eigenvalue weighted by Crippen LogP contribution is 2.12. The highest BCUT2D eigenvalue weighted by molar-refractivity contribution is 9.10. The number of hydrogen-bond acceptors (Lipinski definition) is 1. The zero-order chi connectivity index (χ0) is 9.56. The fraction of sp³-hybridized carbons (Fsp3) is 0.125. The number of hydrogen-bond donors (Lipinski definition) is 1. The highest BCUT2D eigenvalue weighted by Gasteiger charge is 1.90. The topological polar surface area (TPSA) is 43.1 Å². The Balaban J connectivity index is 0.000000261. The average molecular weight is 234 g/mol. The van der Waals surface area contributed by atoms with Crippen molar-refractivity contribution in [2.24, 2.45) is 5.73 Å². The minimum atomic E-state index is -0.333. The number of halogens is 2. The van der Waals surface area contributed by atoms with Gasteiger partial charge in [0.05, 0.1) is 4.47 Å². The summed E-state index contributed by atoms with van der Waals surface area (Å²) in [6.07, 6.45) is 0. The number of nitrogens with two attached hydrogens (primary N) is 1. The van der Waals surface area contributed by atoms with Crippen LogP contribution in [-0.2, 0) is 4.79 Å². The van der Waals surface area contributed by atoms with Gasteiger partial charge >= 0.3 is 0 Å². The van der Waals surface area contributed by atoms with E-state index in [-0.39, 0.29) is 11.7 Å². The molecule has 12 heavy (non-hydrogen) atoms. The van der Waals surface area contributed by atoms with Gasteiger partial charge in [0.2, 0.25) is 5.91 Å². The van der Waals surface area contributed by atoms with E-state index in [1.807, 2.05) is 0 Å². The third-order valence-electron chi connectivity index (χ3n) is 0.824. The molecular formula is C8H9BrFNO. The van der Waals surface area contributed by atoms with Crippen LogP contribution in [0.2, 0.25) is 0 Å². The molecule has 4 heteroatoms. The summed E-state index contributed by atoms with van der Waals surface area (Å²) in [5, 5.41) is 0. The predicted molar refractivity (Wildman–Crippen MR) is 49.0 cm³/mol. The molecule has 0 fully saturated rings. The van der Waals surface area contributed by atoms with Crippen LogP contribution in [0.3, 0.4) is 0 Å². The molecule has 0 radical (unpaired) electrons. The molecule has 0 saturated carbocycles. The van der Waals surface area contributed by atoms with E-state index in [2.05, 4.69) is 21.7 Å². The van der Waals surface area contributed by atoms with Gasteiger partial charge in [-0.2, -0.15) is 0 Å². The van der Waals surface area contributed by atoms with Gasteiger partial charge in [-0.05, 0) is 28.1 Å². The Labute approximate surface area is 78.7 Å². The van der Waals surface area contributed by atoms with Crippen molar-refractivity contribution >= 4 is 21.8 Å². The van der Waals surface area contributed by atoms with Gasteiger partial charge in [0.1, 0.15) is 5.82 Å². The van der Waals surface area contributed by atoms with Crippen LogP contribution in [0.1, 0.15) is 6.92 Å². The summed E-state index contributed by atoms with van der Waals surface area (Å²) in [7, 11) is 0. The van der Waals surface area contributed by atoms with Crippen molar-refractivity contribution in [1.82, 2.24) is 0 Å². The highest BCUT2D eigenvalue weighted by atomic mass is 79.9. The quantitative estimate of drug-likeness (QED) is 0.733. The number of primary amides is 1. The van der Waals surface area contributed by atoms with E-state index in [4.69, 9.17) is 0 Å². The van der Waals surface area contributed by atoms with Crippen LogP contribution in [0, 0.1) is 5.82 Å². The van der Waals surface area contributed by atoms with Crippen LogP contribution in [0.5, 0.6) is 0 Å². The van der Waals surface area contributed by atoms with Gasteiger partial charge in [-0.3, -0.25) is 4.79 Å². The molecule has 0 heterocycles. The lowest BCUT2D eigenvalue weighted by Gasteiger charge is -1.87. The molecule has 0 saturated heterocycles. The van der Waals surface area contributed by atoms with Crippen LogP contribution in [0.4, 0.5) is 4.39 Å². The minimum absolute atomic E-state index is 0.215. The molecule has 1 aromatic rings. The first kappa shape index (κ1) is 11.1. The number of carbonyl (C=O) groups excluding carboxylic acids is 1. The van der Waals surface area contributed by atoms with Crippen molar-refractivity contribution in [3.8, 4) is 0 Å². The van der Waals surface area contributed by atoms with Crippen molar-refractivity contribution < 1.29 is 9.18 Å². The zero-order valence-electron chi connectivity index (χ0n) is 6.55. The monoisotopic (exact) mass is 233 g/mol. The first-order valence-corrected chi connectivity index (χ1v) is 3.99. The zero-order valence-corrected chi connectivity index (χ0v) is 8.14. The van der Waals surface area contributed by atoms with Gasteiger partial charge in [0.15, 0.2) is 0 Å². The van der Waals surface area contributed by atoms with E-state index in [1.54, 1.807) is 18.2 Å². The summed E-state index contributed by atoms with van der Waals surface area (Å²) in [5.74, 6) is -0.549. The van der Waals surface area contributed by atoms with E-state index in [9.17, 15) is 9.18 Å². The molecule has 0 aliphatic carbocycles. The Morgan fingerprint density at radius 3 is 2.17 bits per heavy atom. The standard InChI is InChI=1S/C6H4BrF.C2H5NO/c7-5-3-1-2-4-6(5)8;1-2(3)4/h1-4H;1H3,(H2,3,4). The number of carbonyl (C=O) groups is 1. The van der Waals surface area contributed by atoms with Crippen molar-refractivity contribution in [1.29, 1.82) is 0 Å². The van der Waals surface area contributed by atoms with Crippen molar-refractivity contribution in [2.75, 3.05) is 0 Å². The first-order valence-electron chi connectivity index (χ1n) is 3.20. The molecule has 1 amide bonds. The molecule has 66 valence electrons. The summed E-state index contributed by atoms with van der Waals surface area (Å²) in [6.45, 7) is 1.31. The predicted octanol–water partition coefficient (Wildman–Crippen LogP) is 2.08.